The van der Waals surface area contributed by atoms with Gasteiger partial charge in [-0.1, -0.05) is 40.2 Å². The number of amides is 4. The summed E-state index contributed by atoms with van der Waals surface area (Å²) in [6.07, 6.45) is -3.15. The smallest absolute Gasteiger partial charge is 0.429 e. The molecular weight excluding hydrogens is 802 g/mol. The molecule has 1 heterocycles. The molecule has 17 nitrogen and oxygen atoms in total. The maximum Gasteiger partial charge on any atom is 0.514 e. The number of likely N-dealkylation sites (tertiary alicyclic amines) is 1. The fourth-order valence-corrected chi connectivity index (χ4v) is 7.79. The van der Waals surface area contributed by atoms with Crippen LogP contribution < -0.4 is 15.4 Å². The topological polar surface area (TPSA) is 199 Å². The number of likely N-dealkylation sites (N-methyl/N-ethyl adjacent to an activating group) is 2. The number of methoxy groups -OCH3 is 2. The molecule has 0 saturated carbocycles. The van der Waals surface area contributed by atoms with E-state index in [4.69, 9.17) is 18.9 Å². The van der Waals surface area contributed by atoms with E-state index >= 15 is 0 Å². The number of carbonyl (C=O) groups is 5. The summed E-state index contributed by atoms with van der Waals surface area (Å²) in [5.41, 5.74) is -0.392. The molecule has 0 bridgehead atoms. The van der Waals surface area contributed by atoms with Crippen molar-refractivity contribution in [3.63, 3.8) is 0 Å². The van der Waals surface area contributed by atoms with Crippen molar-refractivity contribution in [2.75, 3.05) is 55.0 Å². The third kappa shape index (κ3) is 13.9. The lowest BCUT2D eigenvalue weighted by Gasteiger charge is -2.37. The minimum absolute atomic E-state index is 0.00809. The maximum atomic E-state index is 14.4. The van der Waals surface area contributed by atoms with Crippen LogP contribution in [0.1, 0.15) is 58.9 Å². The third-order valence-electron chi connectivity index (χ3n) is 10.9. The van der Waals surface area contributed by atoms with E-state index in [2.05, 4.69) is 10.6 Å². The Morgan fingerprint density at radius 3 is 2.13 bits per heavy atom. The van der Waals surface area contributed by atoms with E-state index in [0.29, 0.717) is 12.8 Å². The van der Waals surface area contributed by atoms with E-state index in [1.807, 2.05) is 20.8 Å². The van der Waals surface area contributed by atoms with Crippen LogP contribution in [0, 0.1) is 33.6 Å². The first-order valence-electron chi connectivity index (χ1n) is 20.2. The number of carbonyl (C=O) groups excluding carboxylic acids is 5. The highest BCUT2D eigenvalue weighted by atomic mass is 19.1. The van der Waals surface area contributed by atoms with Gasteiger partial charge >= 0.3 is 6.16 Å². The monoisotopic (exact) mass is 862 g/mol. The lowest BCUT2D eigenvalue weighted by Crippen LogP contribution is -2.53. The standard InChI is InChI=1S/C42H60F2N6O11/c1-10-12-33(48(7)37(52)23-46-41(54)38(25(2)3)47(5)6)35(58-8)22-36(51)49-24-29(61-42(55)60-28-17-15-27(16-18-28)50(56)57)21-34(49)39(59-9)26(4)40(53)45-20-19-30-31(43)13-11-14-32(30)44/h11,13-18,25-26,29,33-35,38-39H,10,12,19-24H2,1-9H3,(H,45,53)(H,46,54)/t26?,29?,33-,34?,35?,38?,39?/m0/s1. The summed E-state index contributed by atoms with van der Waals surface area (Å²) >= 11 is 0. The summed E-state index contributed by atoms with van der Waals surface area (Å²) in [6, 6.07) is 6.37. The molecule has 0 spiro atoms. The minimum atomic E-state index is -1.14. The zero-order valence-electron chi connectivity index (χ0n) is 36.4. The van der Waals surface area contributed by atoms with Crippen LogP contribution in [0.3, 0.4) is 0 Å². The average molecular weight is 863 g/mol. The fourth-order valence-electron chi connectivity index (χ4n) is 7.79. The number of hydrogen-bond donors (Lipinski definition) is 2. The minimum Gasteiger partial charge on any atom is -0.429 e. The van der Waals surface area contributed by atoms with Crippen molar-refractivity contribution in [3.05, 3.63) is 69.8 Å². The maximum absolute atomic E-state index is 14.4. The van der Waals surface area contributed by atoms with Gasteiger partial charge in [0.1, 0.15) is 23.5 Å². The Morgan fingerprint density at radius 1 is 0.951 bits per heavy atom. The second kappa shape index (κ2) is 23.7. The van der Waals surface area contributed by atoms with Crippen LogP contribution in [0.15, 0.2) is 42.5 Å². The van der Waals surface area contributed by atoms with Gasteiger partial charge in [0.25, 0.3) is 5.69 Å². The molecule has 1 aliphatic rings. The van der Waals surface area contributed by atoms with Gasteiger partial charge in [-0.2, -0.15) is 0 Å². The first-order chi connectivity index (χ1) is 28.8. The van der Waals surface area contributed by atoms with Crippen molar-refractivity contribution in [2.45, 2.75) is 96.2 Å². The molecule has 4 amide bonds. The number of benzene rings is 2. The molecule has 3 rings (SSSR count). The number of hydrogen-bond acceptors (Lipinski definition) is 12. The largest absolute Gasteiger partial charge is 0.514 e. The predicted octanol–water partition coefficient (Wildman–Crippen LogP) is 4.10. The van der Waals surface area contributed by atoms with E-state index in [-0.39, 0.29) is 67.7 Å². The Morgan fingerprint density at radius 2 is 1.59 bits per heavy atom. The number of nitro benzene ring substituents is 1. The van der Waals surface area contributed by atoms with Crippen LogP contribution in [0.5, 0.6) is 5.75 Å². The molecule has 338 valence electrons. The second-order valence-corrected chi connectivity index (χ2v) is 15.6. The van der Waals surface area contributed by atoms with E-state index in [9.17, 15) is 42.9 Å². The van der Waals surface area contributed by atoms with Gasteiger partial charge in [0.05, 0.1) is 60.7 Å². The molecule has 0 aliphatic carbocycles. The van der Waals surface area contributed by atoms with E-state index in [0.717, 1.165) is 24.3 Å². The van der Waals surface area contributed by atoms with E-state index < -0.39 is 82.8 Å². The highest BCUT2D eigenvalue weighted by molar-refractivity contribution is 5.87. The number of non-ortho nitro benzene ring substituents is 1. The summed E-state index contributed by atoms with van der Waals surface area (Å²) < 4.78 is 51.0. The van der Waals surface area contributed by atoms with Crippen molar-refractivity contribution in [3.8, 4) is 5.75 Å². The Hall–Kier alpha value is -5.27. The first kappa shape index (κ1) is 50.1. The number of rotatable bonds is 22. The lowest BCUT2D eigenvalue weighted by molar-refractivity contribution is -0.384. The molecule has 1 fully saturated rings. The normalized spacial score (nSPS) is 17.6. The predicted molar refractivity (Wildman–Crippen MR) is 219 cm³/mol. The summed E-state index contributed by atoms with van der Waals surface area (Å²) in [5, 5.41) is 16.5. The first-order valence-corrected chi connectivity index (χ1v) is 20.2. The van der Waals surface area contributed by atoms with Crippen molar-refractivity contribution in [2.24, 2.45) is 11.8 Å². The third-order valence-corrected chi connectivity index (χ3v) is 10.9. The summed E-state index contributed by atoms with van der Waals surface area (Å²) in [6.45, 7) is 6.80. The Balaban J connectivity index is 1.83. The van der Waals surface area contributed by atoms with Gasteiger partial charge in [-0.05, 0) is 57.1 Å². The molecule has 1 saturated heterocycles. The SMILES string of the molecule is CCC[C@@H](C(CC(=O)N1CC(OC(=O)Oc2ccc([N+](=O)[O-])cc2)CC1C(OC)C(C)C(=O)NCCc1c(F)cccc1F)OC)N(C)C(=O)CNC(=O)C(C(C)C)N(C)C. The van der Waals surface area contributed by atoms with Gasteiger partial charge in [-0.25, -0.2) is 13.6 Å². The van der Waals surface area contributed by atoms with Gasteiger partial charge in [0.2, 0.25) is 23.6 Å². The zero-order valence-corrected chi connectivity index (χ0v) is 36.4. The Bertz CT molecular complexity index is 1790. The molecule has 0 aromatic heterocycles. The van der Waals surface area contributed by atoms with Crippen LogP contribution >= 0.6 is 0 Å². The fraction of sp³-hybridized carbons (Fsp3) is 0.595. The van der Waals surface area contributed by atoms with E-state index in [1.165, 1.54) is 42.2 Å². The van der Waals surface area contributed by atoms with Gasteiger partial charge in [0, 0.05) is 51.9 Å². The number of nitrogens with one attached hydrogen (secondary N) is 2. The summed E-state index contributed by atoms with van der Waals surface area (Å²) in [5.74, 6) is -4.10. The van der Waals surface area contributed by atoms with Crippen LogP contribution in [0.2, 0.25) is 0 Å². The Kier molecular flexibility index (Phi) is 19.4. The number of halogens is 2. The quantitative estimate of drug-likeness (QED) is 0.0745. The van der Waals surface area contributed by atoms with Crippen LogP contribution in [-0.2, 0) is 39.8 Å². The molecule has 61 heavy (non-hydrogen) atoms. The second-order valence-electron chi connectivity index (χ2n) is 15.6. The van der Waals surface area contributed by atoms with Gasteiger partial charge < -0.3 is 39.4 Å². The highest BCUT2D eigenvalue weighted by Gasteiger charge is 2.46. The summed E-state index contributed by atoms with van der Waals surface area (Å²) in [4.78, 5) is 82.4. The molecular formula is C42H60F2N6O11. The van der Waals surface area contributed by atoms with Crippen molar-refractivity contribution in [1.29, 1.82) is 0 Å². The molecule has 2 aromatic rings. The number of ether oxygens (including phenoxy) is 4. The van der Waals surface area contributed by atoms with Crippen LogP contribution in [0.25, 0.3) is 0 Å². The van der Waals surface area contributed by atoms with Crippen molar-refractivity contribution in [1.82, 2.24) is 25.3 Å². The zero-order chi connectivity index (χ0) is 45.6. The summed E-state index contributed by atoms with van der Waals surface area (Å²) in [7, 11) is 7.93. The highest BCUT2D eigenvalue weighted by Crippen LogP contribution is 2.31. The van der Waals surface area contributed by atoms with Gasteiger partial charge in [-0.3, -0.25) is 34.2 Å². The van der Waals surface area contributed by atoms with Crippen molar-refractivity contribution >= 4 is 35.5 Å². The van der Waals surface area contributed by atoms with Gasteiger partial charge in [-0.15, -0.1) is 0 Å². The number of nitrogens with zero attached hydrogens (tertiary/aromatic N) is 4. The molecule has 7 atom stereocenters. The molecule has 1 aliphatic heterocycles. The van der Waals surface area contributed by atoms with Crippen molar-refractivity contribution < 1.29 is 56.6 Å². The Labute approximate surface area is 355 Å². The van der Waals surface area contributed by atoms with Gasteiger partial charge in [0.15, 0.2) is 0 Å². The lowest BCUT2D eigenvalue weighted by atomic mass is 9.93. The van der Waals surface area contributed by atoms with Crippen LogP contribution in [-0.4, -0.2) is 141 Å². The van der Waals surface area contributed by atoms with E-state index in [1.54, 1.807) is 33.0 Å². The van der Waals surface area contributed by atoms with Crippen LogP contribution in [0.4, 0.5) is 19.3 Å². The molecule has 19 heteroatoms. The molecule has 2 N–H and O–H groups in total. The average Bonchev–Trinajstić information content (AvgIpc) is 3.61. The number of nitro groups is 1. The molecule has 6 unspecified atom stereocenters. The molecule has 0 radical (unpaired) electrons. The molecule has 2 aromatic carbocycles.